The zero-order valence-electron chi connectivity index (χ0n) is 13.2. The maximum Gasteiger partial charge on any atom is 0.123 e. The van der Waals surface area contributed by atoms with Crippen molar-refractivity contribution in [3.8, 4) is 0 Å². The van der Waals surface area contributed by atoms with Gasteiger partial charge in [-0.25, -0.2) is 4.39 Å². The highest BCUT2D eigenvalue weighted by atomic mass is 35.5. The molecule has 0 aromatic heterocycles. The van der Waals surface area contributed by atoms with Crippen molar-refractivity contribution in [2.45, 2.75) is 57.3 Å². The van der Waals surface area contributed by atoms with Crippen LogP contribution in [0.1, 0.15) is 62.8 Å². The summed E-state index contributed by atoms with van der Waals surface area (Å²) in [6.07, 6.45) is 12.8. The second-order valence-electron chi connectivity index (χ2n) is 7.16. The number of benzene rings is 1. The lowest BCUT2D eigenvalue weighted by molar-refractivity contribution is 0.171. The van der Waals surface area contributed by atoms with Crippen LogP contribution in [-0.2, 0) is 0 Å². The van der Waals surface area contributed by atoms with Crippen LogP contribution in [0.3, 0.4) is 0 Å². The zero-order chi connectivity index (χ0) is 15.4. The number of hydrogen-bond acceptors (Lipinski definition) is 0. The first-order valence-corrected chi connectivity index (χ1v) is 9.22. The normalized spacial score (nSPS) is 33.2. The van der Waals surface area contributed by atoms with E-state index in [0.717, 1.165) is 11.8 Å². The molecule has 2 aliphatic rings. The molecular formula is C20H26ClF. The summed E-state index contributed by atoms with van der Waals surface area (Å²) in [5.74, 6) is 3.07. The molecule has 1 aromatic carbocycles. The maximum absolute atomic E-state index is 13.0. The second kappa shape index (κ2) is 7.64. The molecule has 0 saturated heterocycles. The molecule has 0 amide bonds. The highest BCUT2D eigenvalue weighted by Crippen LogP contribution is 2.44. The average molecular weight is 321 g/mol. The molecule has 3 rings (SSSR count). The Morgan fingerprint density at radius 1 is 0.818 bits per heavy atom. The van der Waals surface area contributed by atoms with Crippen LogP contribution in [0.25, 0.3) is 0 Å². The molecule has 0 bridgehead atoms. The molecular weight excluding hydrogens is 295 g/mol. The van der Waals surface area contributed by atoms with E-state index >= 15 is 0 Å². The van der Waals surface area contributed by atoms with Crippen LogP contribution in [0.15, 0.2) is 35.9 Å². The third kappa shape index (κ3) is 3.93. The van der Waals surface area contributed by atoms with Crippen LogP contribution in [0.5, 0.6) is 0 Å². The van der Waals surface area contributed by atoms with Gasteiger partial charge in [0.2, 0.25) is 0 Å². The van der Waals surface area contributed by atoms with Gasteiger partial charge in [0.15, 0.2) is 0 Å². The molecule has 2 heteroatoms. The molecule has 2 saturated carbocycles. The van der Waals surface area contributed by atoms with Crippen molar-refractivity contribution in [3.05, 3.63) is 47.3 Å². The third-order valence-corrected chi connectivity index (χ3v) is 6.09. The smallest absolute Gasteiger partial charge is 0.123 e. The third-order valence-electron chi connectivity index (χ3n) is 5.94. The molecule has 2 fully saturated rings. The molecule has 0 aliphatic heterocycles. The number of allylic oxidation sites excluding steroid dienone is 1. The standard InChI is InChI=1S/C20H26ClF/c21-14-13-15-1-3-16(4-2-15)17-5-7-18(8-6-17)19-9-11-20(22)12-10-19/h9-18H,1-8H2/b14-13+. The molecule has 22 heavy (non-hydrogen) atoms. The minimum atomic E-state index is -0.125. The van der Waals surface area contributed by atoms with Crippen LogP contribution >= 0.6 is 11.6 Å². The van der Waals surface area contributed by atoms with Gasteiger partial charge in [0.05, 0.1) is 0 Å². The summed E-state index contributed by atoms with van der Waals surface area (Å²) in [4.78, 5) is 0. The van der Waals surface area contributed by atoms with Crippen molar-refractivity contribution in [2.24, 2.45) is 17.8 Å². The first-order valence-electron chi connectivity index (χ1n) is 8.78. The Hall–Kier alpha value is -0.820. The van der Waals surface area contributed by atoms with Crippen LogP contribution < -0.4 is 0 Å². The summed E-state index contributed by atoms with van der Waals surface area (Å²) in [7, 11) is 0. The summed E-state index contributed by atoms with van der Waals surface area (Å²) < 4.78 is 13.0. The largest absolute Gasteiger partial charge is 0.207 e. The summed E-state index contributed by atoms with van der Waals surface area (Å²) in [6.45, 7) is 0. The van der Waals surface area contributed by atoms with Crippen molar-refractivity contribution in [3.63, 3.8) is 0 Å². The number of hydrogen-bond donors (Lipinski definition) is 0. The van der Waals surface area contributed by atoms with Crippen LogP contribution in [-0.4, -0.2) is 0 Å². The van der Waals surface area contributed by atoms with Gasteiger partial charge in [0, 0.05) is 5.54 Å². The number of halogens is 2. The lowest BCUT2D eigenvalue weighted by atomic mass is 9.68. The van der Waals surface area contributed by atoms with Crippen molar-refractivity contribution < 1.29 is 4.39 Å². The fraction of sp³-hybridized carbons (Fsp3) is 0.600. The summed E-state index contributed by atoms with van der Waals surface area (Å²) in [6, 6.07) is 7.16. The Morgan fingerprint density at radius 3 is 1.91 bits per heavy atom. The van der Waals surface area contributed by atoms with E-state index in [4.69, 9.17) is 11.6 Å². The van der Waals surface area contributed by atoms with Gasteiger partial charge >= 0.3 is 0 Å². The number of rotatable bonds is 3. The van der Waals surface area contributed by atoms with E-state index in [1.54, 1.807) is 17.7 Å². The van der Waals surface area contributed by atoms with E-state index in [0.29, 0.717) is 11.8 Å². The SMILES string of the molecule is Fc1ccc(C2CCC(C3CCC(/C=C/Cl)CC3)CC2)cc1. The lowest BCUT2D eigenvalue weighted by Gasteiger charge is -2.37. The van der Waals surface area contributed by atoms with Gasteiger partial charge in [-0.3, -0.25) is 0 Å². The van der Waals surface area contributed by atoms with Crippen molar-refractivity contribution in [1.82, 2.24) is 0 Å². The Balaban J connectivity index is 1.49. The van der Waals surface area contributed by atoms with E-state index in [1.165, 1.54) is 56.9 Å². The quantitative estimate of drug-likeness (QED) is 0.584. The minimum Gasteiger partial charge on any atom is -0.207 e. The van der Waals surface area contributed by atoms with Crippen molar-refractivity contribution in [1.29, 1.82) is 0 Å². The highest BCUT2D eigenvalue weighted by Gasteiger charge is 2.30. The molecule has 0 nitrogen and oxygen atoms in total. The fourth-order valence-corrected chi connectivity index (χ4v) is 4.78. The van der Waals surface area contributed by atoms with Gasteiger partial charge in [0.25, 0.3) is 0 Å². The minimum absolute atomic E-state index is 0.125. The molecule has 0 heterocycles. The van der Waals surface area contributed by atoms with Gasteiger partial charge in [-0.15, -0.1) is 0 Å². The molecule has 0 unspecified atom stereocenters. The van der Waals surface area contributed by atoms with Gasteiger partial charge in [-0.2, -0.15) is 0 Å². The van der Waals surface area contributed by atoms with Gasteiger partial charge in [-0.05, 0) is 92.7 Å². The molecule has 0 spiro atoms. The molecule has 1 aromatic rings. The lowest BCUT2D eigenvalue weighted by Crippen LogP contribution is -2.25. The van der Waals surface area contributed by atoms with E-state index in [9.17, 15) is 4.39 Å². The van der Waals surface area contributed by atoms with E-state index < -0.39 is 0 Å². The molecule has 2 aliphatic carbocycles. The highest BCUT2D eigenvalue weighted by molar-refractivity contribution is 6.25. The van der Waals surface area contributed by atoms with Crippen molar-refractivity contribution in [2.75, 3.05) is 0 Å². The van der Waals surface area contributed by atoms with E-state index in [1.807, 2.05) is 12.1 Å². The molecule has 120 valence electrons. The fourth-order valence-electron chi connectivity index (χ4n) is 4.57. The van der Waals surface area contributed by atoms with E-state index in [-0.39, 0.29) is 5.82 Å². The Bertz CT molecular complexity index is 477. The predicted molar refractivity (Wildman–Crippen MR) is 91.5 cm³/mol. The first-order chi connectivity index (χ1) is 10.8. The van der Waals surface area contributed by atoms with Gasteiger partial charge in [-0.1, -0.05) is 29.8 Å². The summed E-state index contributed by atoms with van der Waals surface area (Å²) in [5, 5.41) is 0. The topological polar surface area (TPSA) is 0 Å². The summed E-state index contributed by atoms with van der Waals surface area (Å²) in [5.41, 5.74) is 3.02. The Morgan fingerprint density at radius 2 is 1.36 bits per heavy atom. The second-order valence-corrected chi connectivity index (χ2v) is 7.41. The molecule has 0 N–H and O–H groups in total. The maximum atomic E-state index is 13.0. The first kappa shape index (κ1) is 16.1. The molecule has 0 radical (unpaired) electrons. The van der Waals surface area contributed by atoms with Crippen LogP contribution in [0.4, 0.5) is 4.39 Å². The van der Waals surface area contributed by atoms with E-state index in [2.05, 4.69) is 6.08 Å². The zero-order valence-corrected chi connectivity index (χ0v) is 13.9. The Kier molecular flexibility index (Phi) is 5.57. The van der Waals surface area contributed by atoms with Crippen molar-refractivity contribution >= 4 is 11.6 Å². The average Bonchev–Trinajstić information content (AvgIpc) is 2.57. The van der Waals surface area contributed by atoms with Gasteiger partial charge in [0.1, 0.15) is 5.82 Å². The monoisotopic (exact) mass is 320 g/mol. The van der Waals surface area contributed by atoms with Crippen LogP contribution in [0, 0.1) is 23.6 Å². The molecule has 0 atom stereocenters. The Labute approximate surface area is 138 Å². The predicted octanol–water partition coefficient (Wildman–Crippen LogP) is 6.66. The van der Waals surface area contributed by atoms with Crippen LogP contribution in [0.2, 0.25) is 0 Å². The van der Waals surface area contributed by atoms with Gasteiger partial charge < -0.3 is 0 Å². The summed E-state index contributed by atoms with van der Waals surface area (Å²) >= 11 is 5.70.